The molecule has 1 N–H and O–H groups in total. The van der Waals surface area contributed by atoms with Gasteiger partial charge >= 0.3 is 0 Å². The molecular formula is C14H23N3O. The molecule has 1 fully saturated rings. The fourth-order valence-corrected chi connectivity index (χ4v) is 1.68. The van der Waals surface area contributed by atoms with E-state index in [1.807, 2.05) is 6.20 Å². The Kier molecular flexibility index (Phi) is 4.53. The van der Waals surface area contributed by atoms with Crippen LogP contribution in [0.3, 0.4) is 0 Å². The Morgan fingerprint density at radius 1 is 1.44 bits per heavy atom. The number of nitrogens with zero attached hydrogens (tertiary/aromatic N) is 2. The second-order valence-corrected chi connectivity index (χ2v) is 5.23. The Morgan fingerprint density at radius 3 is 2.83 bits per heavy atom. The second-order valence-electron chi connectivity index (χ2n) is 5.23. The van der Waals surface area contributed by atoms with E-state index in [0.29, 0.717) is 5.92 Å². The third-order valence-corrected chi connectivity index (χ3v) is 3.08. The van der Waals surface area contributed by atoms with E-state index in [0.717, 1.165) is 42.9 Å². The fourth-order valence-electron chi connectivity index (χ4n) is 1.68. The van der Waals surface area contributed by atoms with Crippen molar-refractivity contribution in [2.45, 2.75) is 46.1 Å². The van der Waals surface area contributed by atoms with Gasteiger partial charge in [0.1, 0.15) is 5.82 Å². The summed E-state index contributed by atoms with van der Waals surface area (Å²) in [7, 11) is 0. The van der Waals surface area contributed by atoms with Crippen LogP contribution in [0.5, 0.6) is 5.75 Å². The highest BCUT2D eigenvalue weighted by Crippen LogP contribution is 2.30. The van der Waals surface area contributed by atoms with Gasteiger partial charge in [-0.25, -0.2) is 9.97 Å². The lowest BCUT2D eigenvalue weighted by molar-refractivity contribution is 0.292. The monoisotopic (exact) mass is 249 g/mol. The summed E-state index contributed by atoms with van der Waals surface area (Å²) in [4.78, 5) is 8.99. The molecule has 4 nitrogen and oxygen atoms in total. The zero-order valence-electron chi connectivity index (χ0n) is 11.6. The summed E-state index contributed by atoms with van der Waals surface area (Å²) < 4.78 is 5.83. The topological polar surface area (TPSA) is 47.0 Å². The lowest BCUT2D eigenvalue weighted by Gasteiger charge is -2.13. The third kappa shape index (κ3) is 3.67. The van der Waals surface area contributed by atoms with Gasteiger partial charge in [-0.2, -0.15) is 0 Å². The number of hydrogen-bond donors (Lipinski definition) is 1. The molecule has 0 spiro atoms. The Morgan fingerprint density at radius 2 is 2.22 bits per heavy atom. The minimum atomic E-state index is 0.350. The molecule has 0 unspecified atom stereocenters. The summed E-state index contributed by atoms with van der Waals surface area (Å²) >= 11 is 0. The Labute approximate surface area is 109 Å². The van der Waals surface area contributed by atoms with Crippen molar-refractivity contribution in [3.8, 4) is 5.75 Å². The molecule has 1 aliphatic rings. The summed E-state index contributed by atoms with van der Waals surface area (Å²) in [5, 5.41) is 3.30. The molecule has 1 heterocycles. The highest BCUT2D eigenvalue weighted by molar-refractivity contribution is 5.25. The Bertz CT molecular complexity index is 389. The maximum absolute atomic E-state index is 5.83. The van der Waals surface area contributed by atoms with Gasteiger partial charge in [-0.05, 0) is 25.3 Å². The molecule has 2 rings (SSSR count). The number of nitrogens with one attached hydrogen (secondary N) is 1. The number of ether oxygens (including phenoxy) is 1. The van der Waals surface area contributed by atoms with E-state index in [1.165, 1.54) is 12.8 Å². The van der Waals surface area contributed by atoms with Crippen molar-refractivity contribution >= 4 is 0 Å². The van der Waals surface area contributed by atoms with E-state index in [1.54, 1.807) is 0 Å². The molecule has 18 heavy (non-hydrogen) atoms. The standard InChI is InChI=1S/C14H23N3O/c1-4-15-7-12-13(18-9-11-5-6-11)8-16-14(17-12)10(2)3/h8,10-11,15H,4-7,9H2,1-3H3. The zero-order chi connectivity index (χ0) is 13.0. The largest absolute Gasteiger partial charge is 0.490 e. The lowest BCUT2D eigenvalue weighted by atomic mass is 10.2. The number of hydrogen-bond acceptors (Lipinski definition) is 4. The average molecular weight is 249 g/mol. The van der Waals surface area contributed by atoms with Crippen LogP contribution in [-0.4, -0.2) is 23.1 Å². The molecule has 100 valence electrons. The number of aromatic nitrogens is 2. The van der Waals surface area contributed by atoms with Crippen LogP contribution < -0.4 is 10.1 Å². The highest BCUT2D eigenvalue weighted by atomic mass is 16.5. The minimum Gasteiger partial charge on any atom is -0.490 e. The van der Waals surface area contributed by atoms with Crippen LogP contribution in [-0.2, 0) is 6.54 Å². The summed E-state index contributed by atoms with van der Waals surface area (Å²) in [6.45, 7) is 8.80. The molecule has 0 bridgehead atoms. The first kappa shape index (κ1) is 13.3. The summed E-state index contributed by atoms with van der Waals surface area (Å²) in [5.74, 6) is 2.83. The first-order valence-electron chi connectivity index (χ1n) is 6.90. The Hall–Kier alpha value is -1.16. The lowest BCUT2D eigenvalue weighted by Crippen LogP contribution is -2.16. The van der Waals surface area contributed by atoms with Gasteiger partial charge in [0.25, 0.3) is 0 Å². The normalized spacial score (nSPS) is 15.1. The van der Waals surface area contributed by atoms with E-state index in [-0.39, 0.29) is 0 Å². The van der Waals surface area contributed by atoms with E-state index in [2.05, 4.69) is 36.1 Å². The van der Waals surface area contributed by atoms with Crippen LogP contribution in [0, 0.1) is 5.92 Å². The molecule has 0 atom stereocenters. The number of rotatable bonds is 7. The van der Waals surface area contributed by atoms with Gasteiger partial charge in [0, 0.05) is 12.5 Å². The molecule has 4 heteroatoms. The molecular weight excluding hydrogens is 226 g/mol. The van der Waals surface area contributed by atoms with Crippen LogP contribution in [0.1, 0.15) is 51.0 Å². The van der Waals surface area contributed by atoms with Gasteiger partial charge < -0.3 is 10.1 Å². The average Bonchev–Trinajstić information content (AvgIpc) is 3.18. The van der Waals surface area contributed by atoms with Crippen molar-refractivity contribution in [3.05, 3.63) is 17.7 Å². The van der Waals surface area contributed by atoms with Crippen molar-refractivity contribution in [2.24, 2.45) is 5.92 Å². The molecule has 0 radical (unpaired) electrons. The van der Waals surface area contributed by atoms with Crippen molar-refractivity contribution in [1.29, 1.82) is 0 Å². The summed E-state index contributed by atoms with van der Waals surface area (Å²) in [6.07, 6.45) is 4.43. The van der Waals surface area contributed by atoms with Gasteiger partial charge in [-0.15, -0.1) is 0 Å². The molecule has 0 saturated heterocycles. The van der Waals surface area contributed by atoms with E-state index < -0.39 is 0 Å². The van der Waals surface area contributed by atoms with Crippen molar-refractivity contribution < 1.29 is 4.74 Å². The van der Waals surface area contributed by atoms with Gasteiger partial charge in [0.05, 0.1) is 18.5 Å². The van der Waals surface area contributed by atoms with Crippen LogP contribution in [0.2, 0.25) is 0 Å². The minimum absolute atomic E-state index is 0.350. The maximum Gasteiger partial charge on any atom is 0.160 e. The fraction of sp³-hybridized carbons (Fsp3) is 0.714. The molecule has 1 aliphatic carbocycles. The SMILES string of the molecule is CCNCc1nc(C(C)C)ncc1OCC1CC1. The van der Waals surface area contributed by atoms with E-state index in [9.17, 15) is 0 Å². The molecule has 0 aromatic carbocycles. The maximum atomic E-state index is 5.83. The van der Waals surface area contributed by atoms with Crippen molar-refractivity contribution in [3.63, 3.8) is 0 Å². The Balaban J connectivity index is 2.08. The summed E-state index contributed by atoms with van der Waals surface area (Å²) in [5.41, 5.74) is 0.983. The van der Waals surface area contributed by atoms with Crippen LogP contribution in [0.4, 0.5) is 0 Å². The molecule has 0 amide bonds. The molecule has 1 aromatic rings. The molecule has 1 saturated carbocycles. The highest BCUT2D eigenvalue weighted by Gasteiger charge is 2.22. The first-order valence-corrected chi connectivity index (χ1v) is 6.90. The molecule has 0 aliphatic heterocycles. The van der Waals surface area contributed by atoms with Gasteiger partial charge in [0.15, 0.2) is 5.75 Å². The first-order chi connectivity index (χ1) is 8.70. The van der Waals surface area contributed by atoms with Crippen LogP contribution >= 0.6 is 0 Å². The predicted octanol–water partition coefficient (Wildman–Crippen LogP) is 2.50. The van der Waals surface area contributed by atoms with E-state index >= 15 is 0 Å². The van der Waals surface area contributed by atoms with Crippen molar-refractivity contribution in [2.75, 3.05) is 13.2 Å². The summed E-state index contributed by atoms with van der Waals surface area (Å²) in [6, 6.07) is 0. The quantitative estimate of drug-likeness (QED) is 0.806. The van der Waals surface area contributed by atoms with Gasteiger partial charge in [0.2, 0.25) is 0 Å². The smallest absolute Gasteiger partial charge is 0.160 e. The van der Waals surface area contributed by atoms with Gasteiger partial charge in [-0.3, -0.25) is 0 Å². The van der Waals surface area contributed by atoms with Crippen LogP contribution in [0.15, 0.2) is 6.20 Å². The zero-order valence-corrected chi connectivity index (χ0v) is 11.6. The second kappa shape index (κ2) is 6.14. The van der Waals surface area contributed by atoms with Crippen LogP contribution in [0.25, 0.3) is 0 Å². The molecule has 1 aromatic heterocycles. The third-order valence-electron chi connectivity index (χ3n) is 3.08. The van der Waals surface area contributed by atoms with Gasteiger partial charge in [-0.1, -0.05) is 20.8 Å². The van der Waals surface area contributed by atoms with E-state index in [4.69, 9.17) is 4.74 Å². The predicted molar refractivity (Wildman–Crippen MR) is 71.7 cm³/mol. The van der Waals surface area contributed by atoms with Crippen molar-refractivity contribution in [1.82, 2.24) is 15.3 Å².